The van der Waals surface area contributed by atoms with Crippen molar-refractivity contribution in [3.63, 3.8) is 0 Å². The van der Waals surface area contributed by atoms with Crippen LogP contribution in [0.25, 0.3) is 20.4 Å². The maximum absolute atomic E-state index is 12.0. The van der Waals surface area contributed by atoms with Crippen molar-refractivity contribution in [2.24, 2.45) is 0 Å². The van der Waals surface area contributed by atoms with Crippen molar-refractivity contribution in [2.75, 3.05) is 9.80 Å². The van der Waals surface area contributed by atoms with Crippen LogP contribution in [0.15, 0.2) is 36.4 Å². The van der Waals surface area contributed by atoms with Crippen molar-refractivity contribution in [3.8, 4) is 0 Å². The fourth-order valence-electron chi connectivity index (χ4n) is 4.83. The summed E-state index contributed by atoms with van der Waals surface area (Å²) < 4.78 is 9.67. The summed E-state index contributed by atoms with van der Waals surface area (Å²) in [7, 11) is 0. The Morgan fingerprint density at radius 3 is 1.58 bits per heavy atom. The average molecular weight is 527 g/mol. The van der Waals surface area contributed by atoms with E-state index in [1.54, 1.807) is 23.6 Å². The van der Waals surface area contributed by atoms with Crippen LogP contribution in [0, 0.1) is 0 Å². The van der Waals surface area contributed by atoms with Crippen LogP contribution in [-0.4, -0.2) is 65.5 Å². The van der Waals surface area contributed by atoms with Gasteiger partial charge in [-0.2, -0.15) is 0 Å². The maximum Gasteiger partial charge on any atom is 0.227 e. The Bertz CT molecular complexity index is 1300. The highest BCUT2D eigenvalue weighted by Gasteiger charge is 2.36. The molecule has 0 bridgehead atoms. The quantitative estimate of drug-likeness (QED) is 0.414. The molecule has 4 heterocycles. The van der Waals surface area contributed by atoms with Gasteiger partial charge in [0.25, 0.3) is 0 Å². The molecule has 6 rings (SSSR count). The number of hydrogen-bond acceptors (Lipinski definition) is 10. The Balaban J connectivity index is 0.000000148. The molecule has 0 aliphatic carbocycles. The molecule has 4 atom stereocenters. The van der Waals surface area contributed by atoms with Gasteiger partial charge in [-0.05, 0) is 86.2 Å². The lowest BCUT2D eigenvalue weighted by molar-refractivity contribution is -0.118. The second-order valence-electron chi connectivity index (χ2n) is 9.07. The molecule has 2 N–H and O–H groups in total. The summed E-state index contributed by atoms with van der Waals surface area (Å²) in [5, 5.41) is 27.5. The molecule has 10 nitrogen and oxygen atoms in total. The molecule has 0 saturated carbocycles. The molecule has 2 amide bonds. The van der Waals surface area contributed by atoms with E-state index in [1.165, 1.54) is 23.1 Å². The van der Waals surface area contributed by atoms with Gasteiger partial charge in [0.1, 0.15) is 11.0 Å². The number of carbonyl (C=O) groups is 2. The van der Waals surface area contributed by atoms with Gasteiger partial charge in [0.05, 0.1) is 33.7 Å². The van der Waals surface area contributed by atoms with Crippen molar-refractivity contribution in [3.05, 3.63) is 36.4 Å². The molecule has 0 radical (unpaired) electrons. The van der Waals surface area contributed by atoms with Crippen molar-refractivity contribution in [1.29, 1.82) is 0 Å². The van der Waals surface area contributed by atoms with Gasteiger partial charge in [0.2, 0.25) is 11.8 Å². The van der Waals surface area contributed by atoms with Crippen LogP contribution in [-0.2, 0) is 9.59 Å². The SMILES string of the molecule is C[C@@H](O)[C@H]1CCC(=O)N1c1ccc2nnsc2c1.C[C@H](O)[C@H]1CCC(=O)N1c1ccc2nnsc2c1. The van der Waals surface area contributed by atoms with E-state index in [9.17, 15) is 19.8 Å². The molecule has 2 aromatic carbocycles. The van der Waals surface area contributed by atoms with Crippen LogP contribution in [0.3, 0.4) is 0 Å². The fourth-order valence-corrected chi connectivity index (χ4v) is 6.02. The smallest absolute Gasteiger partial charge is 0.227 e. The van der Waals surface area contributed by atoms with E-state index in [4.69, 9.17) is 0 Å². The summed E-state index contributed by atoms with van der Waals surface area (Å²) in [5.41, 5.74) is 3.32. The van der Waals surface area contributed by atoms with Gasteiger partial charge in [-0.1, -0.05) is 8.98 Å². The Kier molecular flexibility index (Phi) is 6.93. The molecule has 2 aromatic heterocycles. The molecular formula is C24H26N6O4S2. The first-order valence-electron chi connectivity index (χ1n) is 11.8. The summed E-state index contributed by atoms with van der Waals surface area (Å²) in [4.78, 5) is 27.3. The van der Waals surface area contributed by atoms with Gasteiger partial charge >= 0.3 is 0 Å². The van der Waals surface area contributed by atoms with Crippen LogP contribution in [0.4, 0.5) is 11.4 Å². The first-order valence-corrected chi connectivity index (χ1v) is 13.3. The lowest BCUT2D eigenvalue weighted by atomic mass is 10.1. The average Bonchev–Trinajstić information content (AvgIpc) is 3.64. The lowest BCUT2D eigenvalue weighted by Crippen LogP contribution is -2.39. The summed E-state index contributed by atoms with van der Waals surface area (Å²) in [6, 6.07) is 11.0. The van der Waals surface area contributed by atoms with Crippen molar-refractivity contribution in [2.45, 2.75) is 63.8 Å². The molecule has 2 aliphatic heterocycles. The number of carbonyl (C=O) groups excluding carboxylic acids is 2. The number of aromatic nitrogens is 4. The van der Waals surface area contributed by atoms with Crippen LogP contribution >= 0.6 is 23.1 Å². The van der Waals surface area contributed by atoms with Gasteiger partial charge in [-0.3, -0.25) is 9.59 Å². The predicted octanol–water partition coefficient (Wildman–Crippen LogP) is 3.14. The third-order valence-electron chi connectivity index (χ3n) is 6.64. The van der Waals surface area contributed by atoms with Crippen molar-refractivity contribution < 1.29 is 19.8 Å². The number of nitrogens with zero attached hydrogens (tertiary/aromatic N) is 6. The molecule has 0 spiro atoms. The monoisotopic (exact) mass is 526 g/mol. The molecule has 2 fully saturated rings. The summed E-state index contributed by atoms with van der Waals surface area (Å²) in [6.45, 7) is 3.45. The predicted molar refractivity (Wildman–Crippen MR) is 139 cm³/mol. The van der Waals surface area contributed by atoms with Crippen LogP contribution in [0.1, 0.15) is 39.5 Å². The Labute approximate surface area is 215 Å². The van der Waals surface area contributed by atoms with Gasteiger partial charge < -0.3 is 20.0 Å². The fraction of sp³-hybridized carbons (Fsp3) is 0.417. The molecule has 12 heteroatoms. The normalized spacial score (nSPS) is 21.8. The third kappa shape index (κ3) is 4.69. The van der Waals surface area contributed by atoms with E-state index in [2.05, 4.69) is 19.2 Å². The molecule has 36 heavy (non-hydrogen) atoms. The zero-order chi connectivity index (χ0) is 25.4. The highest BCUT2D eigenvalue weighted by atomic mass is 32.1. The lowest BCUT2D eigenvalue weighted by Gasteiger charge is -2.26. The van der Waals surface area contributed by atoms with E-state index in [-0.39, 0.29) is 23.9 Å². The number of aliphatic hydroxyl groups is 2. The van der Waals surface area contributed by atoms with Gasteiger partial charge in [-0.15, -0.1) is 10.2 Å². The van der Waals surface area contributed by atoms with E-state index >= 15 is 0 Å². The zero-order valence-electron chi connectivity index (χ0n) is 19.8. The third-order valence-corrected chi connectivity index (χ3v) is 8.01. The van der Waals surface area contributed by atoms with Crippen LogP contribution < -0.4 is 9.80 Å². The van der Waals surface area contributed by atoms with Crippen LogP contribution in [0.5, 0.6) is 0 Å². The Morgan fingerprint density at radius 2 is 1.19 bits per heavy atom. The van der Waals surface area contributed by atoms with Gasteiger partial charge in [0, 0.05) is 24.2 Å². The van der Waals surface area contributed by atoms with Crippen LogP contribution in [0.2, 0.25) is 0 Å². The van der Waals surface area contributed by atoms with E-state index in [1.807, 2.05) is 36.4 Å². The number of hydrogen-bond donors (Lipinski definition) is 2. The molecule has 0 unspecified atom stereocenters. The van der Waals surface area contributed by atoms with E-state index in [0.29, 0.717) is 25.7 Å². The number of amides is 2. The number of aliphatic hydroxyl groups excluding tert-OH is 2. The van der Waals surface area contributed by atoms with Gasteiger partial charge in [0.15, 0.2) is 0 Å². The highest BCUT2D eigenvalue weighted by Crippen LogP contribution is 2.32. The highest BCUT2D eigenvalue weighted by molar-refractivity contribution is 7.13. The Hall–Kier alpha value is -3.06. The standard InChI is InChI=1S/2C12H13N3O2S/c2*1-7(16)10-4-5-12(17)15(10)8-2-3-9-11(6-8)18-14-13-9/h2*2-3,6-7,10,16H,4-5H2,1H3/t7-,10+;7-,10-/m01/s1. The Morgan fingerprint density at radius 1 is 0.778 bits per heavy atom. The second kappa shape index (κ2) is 10.1. The maximum atomic E-state index is 12.0. The second-order valence-corrected chi connectivity index (χ2v) is 10.6. The zero-order valence-corrected chi connectivity index (χ0v) is 21.4. The summed E-state index contributed by atoms with van der Waals surface area (Å²) in [6.07, 6.45) is 1.35. The first kappa shape index (κ1) is 24.6. The minimum absolute atomic E-state index is 0.0673. The molecule has 4 aromatic rings. The number of anilines is 2. The molecular weight excluding hydrogens is 500 g/mol. The molecule has 2 aliphatic rings. The summed E-state index contributed by atoms with van der Waals surface area (Å²) in [5.74, 6) is 0.135. The first-order chi connectivity index (χ1) is 17.3. The number of rotatable bonds is 4. The minimum atomic E-state index is -0.522. The number of fused-ring (bicyclic) bond motifs is 2. The molecule has 188 valence electrons. The van der Waals surface area contributed by atoms with Gasteiger partial charge in [-0.25, -0.2) is 0 Å². The minimum Gasteiger partial charge on any atom is -0.391 e. The van der Waals surface area contributed by atoms with E-state index < -0.39 is 12.2 Å². The topological polar surface area (TPSA) is 133 Å². The largest absolute Gasteiger partial charge is 0.391 e. The van der Waals surface area contributed by atoms with E-state index in [0.717, 1.165) is 31.8 Å². The van der Waals surface area contributed by atoms with Crippen molar-refractivity contribution in [1.82, 2.24) is 19.2 Å². The molecule has 2 saturated heterocycles. The van der Waals surface area contributed by atoms with Crippen molar-refractivity contribution >= 4 is 66.7 Å². The number of benzene rings is 2. The summed E-state index contributed by atoms with van der Waals surface area (Å²) >= 11 is 2.62.